The van der Waals surface area contributed by atoms with Crippen molar-refractivity contribution in [1.82, 2.24) is 0 Å². The Labute approximate surface area is 120 Å². The van der Waals surface area contributed by atoms with E-state index in [1.807, 2.05) is 0 Å². The van der Waals surface area contributed by atoms with Crippen LogP contribution in [0.15, 0.2) is 29.8 Å². The van der Waals surface area contributed by atoms with Gasteiger partial charge in [-0.15, -0.1) is 0 Å². The quantitative estimate of drug-likeness (QED) is 0.610. The topological polar surface area (TPSA) is 35.5 Å². The summed E-state index contributed by atoms with van der Waals surface area (Å²) in [6, 6.07) is 0.946. The van der Waals surface area contributed by atoms with E-state index < -0.39 is 41.5 Å². The molecular formula is C13H8F6O3. The first kappa shape index (κ1) is 16.2. The van der Waals surface area contributed by atoms with Gasteiger partial charge in [0.25, 0.3) is 6.29 Å². The van der Waals surface area contributed by atoms with Gasteiger partial charge in [-0.1, -0.05) is 0 Å². The largest absolute Gasteiger partial charge is 0.450 e. The maximum Gasteiger partial charge on any atom is 0.419 e. The highest BCUT2D eigenvalue weighted by Crippen LogP contribution is 2.41. The molecule has 1 unspecified atom stereocenters. The molecule has 1 aliphatic heterocycles. The van der Waals surface area contributed by atoms with Gasteiger partial charge in [0.15, 0.2) is 0 Å². The standard InChI is InChI=1S/C13H8F6O3/c1-6-4-10(22-11(6)20)21-9-3-2-7(12(14,15)16)5-8(9)13(17,18)19/h2-5,10H,1H3. The third-order valence-corrected chi connectivity index (χ3v) is 2.79. The lowest BCUT2D eigenvalue weighted by atomic mass is 10.1. The van der Waals surface area contributed by atoms with E-state index in [4.69, 9.17) is 4.74 Å². The molecular weight excluding hydrogens is 318 g/mol. The summed E-state index contributed by atoms with van der Waals surface area (Å²) >= 11 is 0. The third kappa shape index (κ3) is 3.34. The fourth-order valence-electron chi connectivity index (χ4n) is 1.72. The number of esters is 1. The number of halogens is 6. The van der Waals surface area contributed by atoms with Gasteiger partial charge in [0.2, 0.25) is 0 Å². The number of benzene rings is 1. The summed E-state index contributed by atoms with van der Waals surface area (Å²) in [5.41, 5.74) is -2.93. The van der Waals surface area contributed by atoms with E-state index in [0.717, 1.165) is 6.08 Å². The molecule has 0 saturated heterocycles. The molecule has 0 bridgehead atoms. The van der Waals surface area contributed by atoms with Crippen molar-refractivity contribution in [3.8, 4) is 5.75 Å². The number of carbonyl (C=O) groups is 1. The number of cyclic esters (lactones) is 1. The Balaban J connectivity index is 2.37. The normalized spacial score (nSPS) is 19.0. The minimum atomic E-state index is -5.06. The molecule has 22 heavy (non-hydrogen) atoms. The predicted octanol–water partition coefficient (Wildman–Crippen LogP) is 3.93. The van der Waals surface area contributed by atoms with Crippen molar-refractivity contribution in [2.24, 2.45) is 0 Å². The van der Waals surface area contributed by atoms with Gasteiger partial charge < -0.3 is 9.47 Å². The second kappa shape index (κ2) is 5.22. The van der Waals surface area contributed by atoms with Crippen molar-refractivity contribution in [2.45, 2.75) is 25.6 Å². The highest BCUT2D eigenvalue weighted by molar-refractivity contribution is 5.90. The molecule has 0 aromatic heterocycles. The molecule has 0 saturated carbocycles. The lowest BCUT2D eigenvalue weighted by Gasteiger charge is -2.18. The molecule has 1 atom stereocenters. The van der Waals surface area contributed by atoms with E-state index in [2.05, 4.69) is 4.74 Å². The molecule has 1 heterocycles. The molecule has 0 aliphatic carbocycles. The number of hydrogen-bond donors (Lipinski definition) is 0. The van der Waals surface area contributed by atoms with Gasteiger partial charge in [-0.05, 0) is 25.1 Å². The molecule has 1 aromatic carbocycles. The Morgan fingerprint density at radius 1 is 1.09 bits per heavy atom. The monoisotopic (exact) mass is 326 g/mol. The summed E-state index contributed by atoms with van der Waals surface area (Å²) in [6.45, 7) is 1.36. The highest BCUT2D eigenvalue weighted by atomic mass is 19.4. The smallest absolute Gasteiger partial charge is 0.419 e. The fourth-order valence-corrected chi connectivity index (χ4v) is 1.72. The van der Waals surface area contributed by atoms with Crippen molar-refractivity contribution in [3.63, 3.8) is 0 Å². The van der Waals surface area contributed by atoms with Crippen LogP contribution in [0.1, 0.15) is 18.1 Å². The van der Waals surface area contributed by atoms with Crippen LogP contribution in [0.3, 0.4) is 0 Å². The maximum atomic E-state index is 12.9. The molecule has 120 valence electrons. The molecule has 0 radical (unpaired) electrons. The number of alkyl halides is 6. The Morgan fingerprint density at radius 2 is 1.73 bits per heavy atom. The SMILES string of the molecule is CC1=CC(Oc2ccc(C(F)(F)F)cc2C(F)(F)F)OC1=O. The molecule has 1 aliphatic rings. The van der Waals surface area contributed by atoms with Crippen molar-refractivity contribution in [3.05, 3.63) is 41.0 Å². The van der Waals surface area contributed by atoms with Gasteiger partial charge in [0.1, 0.15) is 5.75 Å². The molecule has 0 amide bonds. The van der Waals surface area contributed by atoms with Crippen molar-refractivity contribution in [2.75, 3.05) is 0 Å². The predicted molar refractivity (Wildman–Crippen MR) is 60.7 cm³/mol. The first-order valence-corrected chi connectivity index (χ1v) is 5.83. The van der Waals surface area contributed by atoms with Crippen LogP contribution in [-0.4, -0.2) is 12.3 Å². The summed E-state index contributed by atoms with van der Waals surface area (Å²) in [6.07, 6.45) is -10.3. The Morgan fingerprint density at radius 3 is 2.18 bits per heavy atom. The molecule has 0 fully saturated rings. The van der Waals surface area contributed by atoms with Crippen molar-refractivity contribution >= 4 is 5.97 Å². The Kier molecular flexibility index (Phi) is 3.84. The number of rotatable bonds is 2. The lowest BCUT2D eigenvalue weighted by Crippen LogP contribution is -2.19. The van der Waals surface area contributed by atoms with E-state index in [0.29, 0.717) is 12.1 Å². The average Bonchev–Trinajstić information content (AvgIpc) is 2.66. The zero-order valence-corrected chi connectivity index (χ0v) is 10.9. The molecule has 0 spiro atoms. The minimum absolute atomic E-state index is 0.0529. The number of carbonyl (C=O) groups excluding carboxylic acids is 1. The van der Waals surface area contributed by atoms with Crippen LogP contribution in [-0.2, 0) is 21.9 Å². The van der Waals surface area contributed by atoms with E-state index in [9.17, 15) is 31.1 Å². The summed E-state index contributed by atoms with van der Waals surface area (Å²) < 4.78 is 85.6. The van der Waals surface area contributed by atoms with E-state index in [-0.39, 0.29) is 11.6 Å². The summed E-state index contributed by atoms with van der Waals surface area (Å²) in [4.78, 5) is 11.1. The van der Waals surface area contributed by atoms with Crippen LogP contribution < -0.4 is 4.74 Å². The van der Waals surface area contributed by atoms with Crippen molar-refractivity contribution < 1.29 is 40.6 Å². The van der Waals surface area contributed by atoms with E-state index in [1.54, 1.807) is 0 Å². The first-order chi connectivity index (χ1) is 9.98. The third-order valence-electron chi connectivity index (χ3n) is 2.79. The number of ether oxygens (including phenoxy) is 2. The first-order valence-electron chi connectivity index (χ1n) is 5.83. The summed E-state index contributed by atoms with van der Waals surface area (Å²) in [5, 5.41) is 0. The number of hydrogen-bond acceptors (Lipinski definition) is 3. The zero-order chi connectivity index (χ0) is 16.7. The van der Waals surface area contributed by atoms with Gasteiger partial charge in [0.05, 0.1) is 11.1 Å². The fraction of sp³-hybridized carbons (Fsp3) is 0.308. The van der Waals surface area contributed by atoms with Crippen LogP contribution in [0, 0.1) is 0 Å². The molecule has 9 heteroatoms. The average molecular weight is 326 g/mol. The second-order valence-electron chi connectivity index (χ2n) is 4.45. The summed E-state index contributed by atoms with van der Waals surface area (Å²) in [5.74, 6) is -1.63. The highest BCUT2D eigenvalue weighted by Gasteiger charge is 2.39. The minimum Gasteiger partial charge on any atom is -0.450 e. The van der Waals surface area contributed by atoms with Crippen molar-refractivity contribution in [1.29, 1.82) is 0 Å². The summed E-state index contributed by atoms with van der Waals surface area (Å²) in [7, 11) is 0. The van der Waals surface area contributed by atoms with Gasteiger partial charge in [0, 0.05) is 11.6 Å². The maximum absolute atomic E-state index is 12.9. The van der Waals surface area contributed by atoms with Gasteiger partial charge in [-0.3, -0.25) is 0 Å². The molecule has 1 aromatic rings. The van der Waals surface area contributed by atoms with Crippen LogP contribution in [0.4, 0.5) is 26.3 Å². The van der Waals surface area contributed by atoms with Crippen LogP contribution in [0.2, 0.25) is 0 Å². The van der Waals surface area contributed by atoms with E-state index >= 15 is 0 Å². The Hall–Kier alpha value is -2.19. The van der Waals surface area contributed by atoms with E-state index in [1.165, 1.54) is 6.92 Å². The molecule has 2 rings (SSSR count). The molecule has 0 N–H and O–H groups in total. The Bertz CT molecular complexity index is 630. The van der Waals surface area contributed by atoms with Gasteiger partial charge in [-0.25, -0.2) is 4.79 Å². The van der Waals surface area contributed by atoms with Gasteiger partial charge in [-0.2, -0.15) is 26.3 Å². The van der Waals surface area contributed by atoms with Crippen LogP contribution in [0.5, 0.6) is 5.75 Å². The molecule has 3 nitrogen and oxygen atoms in total. The lowest BCUT2D eigenvalue weighted by molar-refractivity contribution is -0.151. The van der Waals surface area contributed by atoms with Gasteiger partial charge >= 0.3 is 18.3 Å². The van der Waals surface area contributed by atoms with Crippen LogP contribution >= 0.6 is 0 Å². The zero-order valence-electron chi connectivity index (χ0n) is 10.9. The second-order valence-corrected chi connectivity index (χ2v) is 4.45. The van der Waals surface area contributed by atoms with Crippen LogP contribution in [0.25, 0.3) is 0 Å².